The van der Waals surface area contributed by atoms with Crippen LogP contribution < -0.4 is 5.73 Å². The lowest BCUT2D eigenvalue weighted by molar-refractivity contribution is -0.385. The molecular weight excluding hydrogens is 215 g/mol. The maximum atomic E-state index is 13.2. The molecule has 0 saturated heterocycles. The van der Waals surface area contributed by atoms with Crippen LogP contribution in [-0.2, 0) is 0 Å². The maximum Gasteiger partial charge on any atom is 0.272 e. The molecule has 1 atom stereocenters. The van der Waals surface area contributed by atoms with Gasteiger partial charge in [-0.3, -0.25) is 10.1 Å². The summed E-state index contributed by atoms with van der Waals surface area (Å²) in [6, 6.07) is 0.998. The van der Waals surface area contributed by atoms with Gasteiger partial charge in [-0.2, -0.15) is 0 Å². The number of rotatable bonds is 4. The van der Waals surface area contributed by atoms with Gasteiger partial charge in [-0.05, 0) is 6.42 Å². The second kappa shape index (κ2) is 4.71. The summed E-state index contributed by atoms with van der Waals surface area (Å²) in [5.74, 6) is -1.70. The summed E-state index contributed by atoms with van der Waals surface area (Å²) in [6.45, 7) is 3.45. The molecule has 0 aromatic heterocycles. The summed E-state index contributed by atoms with van der Waals surface area (Å²) in [5.41, 5.74) is 5.19. The van der Waals surface area contributed by atoms with Crippen molar-refractivity contribution in [1.82, 2.24) is 0 Å². The fourth-order valence-electron chi connectivity index (χ4n) is 1.30. The van der Waals surface area contributed by atoms with E-state index in [1.54, 1.807) is 0 Å². The number of phenols is 1. The molecule has 0 aliphatic heterocycles. The highest BCUT2D eigenvalue weighted by atomic mass is 19.1. The maximum absolute atomic E-state index is 13.2. The first-order valence-corrected chi connectivity index (χ1v) is 4.50. The number of non-ortho nitro benzene ring substituents is 1. The number of benzene rings is 1. The van der Waals surface area contributed by atoms with Crippen LogP contribution in [0.25, 0.3) is 0 Å². The Balaban J connectivity index is 3.26. The third-order valence-electron chi connectivity index (χ3n) is 2.11. The molecule has 0 amide bonds. The molecule has 86 valence electrons. The molecular formula is C10H11FN2O3. The normalized spacial score (nSPS) is 12.1. The fourth-order valence-corrected chi connectivity index (χ4v) is 1.30. The number of hydrogen-bond donors (Lipinski definition) is 2. The molecule has 0 unspecified atom stereocenters. The van der Waals surface area contributed by atoms with E-state index in [-0.39, 0.29) is 12.0 Å². The zero-order valence-electron chi connectivity index (χ0n) is 8.39. The van der Waals surface area contributed by atoms with E-state index in [1.807, 2.05) is 0 Å². The Morgan fingerprint density at radius 2 is 2.31 bits per heavy atom. The Morgan fingerprint density at radius 1 is 1.69 bits per heavy atom. The summed E-state index contributed by atoms with van der Waals surface area (Å²) in [4.78, 5) is 9.75. The van der Waals surface area contributed by atoms with Crippen molar-refractivity contribution < 1.29 is 14.4 Å². The molecule has 0 aliphatic carbocycles. The SMILES string of the molecule is C=CC[C@H](N)c1cc([N+](=O)[O-])cc(F)c1O. The van der Waals surface area contributed by atoms with E-state index in [4.69, 9.17) is 5.73 Å². The molecule has 16 heavy (non-hydrogen) atoms. The number of aromatic hydroxyl groups is 1. The minimum absolute atomic E-state index is 0.00611. The van der Waals surface area contributed by atoms with Crippen LogP contribution in [-0.4, -0.2) is 10.0 Å². The molecule has 6 heteroatoms. The number of halogens is 1. The zero-order chi connectivity index (χ0) is 12.3. The van der Waals surface area contributed by atoms with Crippen LogP contribution in [0, 0.1) is 15.9 Å². The van der Waals surface area contributed by atoms with Crippen molar-refractivity contribution in [3.8, 4) is 5.75 Å². The largest absolute Gasteiger partial charge is 0.505 e. The third kappa shape index (κ3) is 2.34. The lowest BCUT2D eigenvalue weighted by atomic mass is 10.0. The van der Waals surface area contributed by atoms with Gasteiger partial charge in [0.1, 0.15) is 0 Å². The third-order valence-corrected chi connectivity index (χ3v) is 2.11. The Bertz CT molecular complexity index is 434. The zero-order valence-corrected chi connectivity index (χ0v) is 8.39. The summed E-state index contributed by atoms with van der Waals surface area (Å²) in [5, 5.41) is 19.9. The molecule has 0 bridgehead atoms. The van der Waals surface area contributed by atoms with E-state index in [2.05, 4.69) is 6.58 Å². The number of nitro benzene ring substituents is 1. The first-order valence-electron chi connectivity index (χ1n) is 4.50. The van der Waals surface area contributed by atoms with E-state index < -0.39 is 28.2 Å². The van der Waals surface area contributed by atoms with Gasteiger partial charge in [0, 0.05) is 17.7 Å². The molecule has 1 aromatic rings. The number of nitro groups is 1. The molecule has 1 rings (SSSR count). The first kappa shape index (κ1) is 12.1. The second-order valence-electron chi connectivity index (χ2n) is 3.25. The molecule has 0 fully saturated rings. The molecule has 1 aromatic carbocycles. The first-order chi connectivity index (χ1) is 7.47. The van der Waals surface area contributed by atoms with Crippen LogP contribution in [0.3, 0.4) is 0 Å². The average Bonchev–Trinajstić information content (AvgIpc) is 2.21. The molecule has 0 heterocycles. The predicted molar refractivity (Wildman–Crippen MR) is 56.5 cm³/mol. The Hall–Kier alpha value is -1.95. The number of phenolic OH excluding ortho intramolecular Hbond substituents is 1. The fraction of sp³-hybridized carbons (Fsp3) is 0.200. The van der Waals surface area contributed by atoms with Crippen LogP contribution in [0.5, 0.6) is 5.75 Å². The van der Waals surface area contributed by atoms with Crippen LogP contribution in [0.4, 0.5) is 10.1 Å². The van der Waals surface area contributed by atoms with Crippen molar-refractivity contribution in [2.45, 2.75) is 12.5 Å². The van der Waals surface area contributed by atoms with E-state index in [0.29, 0.717) is 6.07 Å². The minimum atomic E-state index is -1.05. The standard InChI is InChI=1S/C10H11FN2O3/c1-2-3-9(12)7-4-6(13(15)16)5-8(11)10(7)14/h2,4-5,9,14H,1,3,12H2/t9-/m0/s1. The van der Waals surface area contributed by atoms with E-state index in [0.717, 1.165) is 6.07 Å². The van der Waals surface area contributed by atoms with Crippen molar-refractivity contribution in [2.24, 2.45) is 5.73 Å². The van der Waals surface area contributed by atoms with Gasteiger partial charge in [0.25, 0.3) is 5.69 Å². The van der Waals surface area contributed by atoms with Crippen molar-refractivity contribution >= 4 is 5.69 Å². The highest BCUT2D eigenvalue weighted by molar-refractivity contribution is 5.45. The average molecular weight is 226 g/mol. The highest BCUT2D eigenvalue weighted by Gasteiger charge is 2.19. The smallest absolute Gasteiger partial charge is 0.272 e. The van der Waals surface area contributed by atoms with Crippen LogP contribution >= 0.6 is 0 Å². The quantitative estimate of drug-likeness (QED) is 0.467. The lowest BCUT2D eigenvalue weighted by Crippen LogP contribution is -2.10. The van der Waals surface area contributed by atoms with Gasteiger partial charge in [-0.25, -0.2) is 4.39 Å². The Kier molecular flexibility index (Phi) is 3.57. The number of nitrogens with zero attached hydrogens (tertiary/aromatic N) is 1. The van der Waals surface area contributed by atoms with Gasteiger partial charge in [-0.15, -0.1) is 6.58 Å². The van der Waals surface area contributed by atoms with Gasteiger partial charge in [0.2, 0.25) is 0 Å². The van der Waals surface area contributed by atoms with Crippen LogP contribution in [0.2, 0.25) is 0 Å². The van der Waals surface area contributed by atoms with Gasteiger partial charge in [0.05, 0.1) is 11.0 Å². The minimum Gasteiger partial charge on any atom is -0.505 e. The monoisotopic (exact) mass is 226 g/mol. The van der Waals surface area contributed by atoms with Crippen molar-refractivity contribution in [2.75, 3.05) is 0 Å². The van der Waals surface area contributed by atoms with Crippen molar-refractivity contribution in [3.63, 3.8) is 0 Å². The Labute approximate surface area is 91.2 Å². The van der Waals surface area contributed by atoms with E-state index in [1.165, 1.54) is 6.08 Å². The summed E-state index contributed by atoms with van der Waals surface area (Å²) < 4.78 is 13.2. The van der Waals surface area contributed by atoms with Gasteiger partial charge >= 0.3 is 0 Å². The molecule has 0 spiro atoms. The summed E-state index contributed by atoms with van der Waals surface area (Å²) in [7, 11) is 0. The van der Waals surface area contributed by atoms with Gasteiger partial charge < -0.3 is 10.8 Å². The van der Waals surface area contributed by atoms with Crippen molar-refractivity contribution in [3.05, 3.63) is 46.3 Å². The number of nitrogens with two attached hydrogens (primary N) is 1. The van der Waals surface area contributed by atoms with E-state index >= 15 is 0 Å². The van der Waals surface area contributed by atoms with Gasteiger partial charge in [0.15, 0.2) is 11.6 Å². The Morgan fingerprint density at radius 3 is 2.81 bits per heavy atom. The number of hydrogen-bond acceptors (Lipinski definition) is 4. The van der Waals surface area contributed by atoms with Crippen LogP contribution in [0.1, 0.15) is 18.0 Å². The van der Waals surface area contributed by atoms with Gasteiger partial charge in [-0.1, -0.05) is 6.08 Å². The summed E-state index contributed by atoms with van der Waals surface area (Å²) >= 11 is 0. The highest BCUT2D eigenvalue weighted by Crippen LogP contribution is 2.31. The molecule has 5 nitrogen and oxygen atoms in total. The molecule has 0 saturated carbocycles. The second-order valence-corrected chi connectivity index (χ2v) is 3.25. The van der Waals surface area contributed by atoms with E-state index in [9.17, 15) is 19.6 Å². The lowest BCUT2D eigenvalue weighted by Gasteiger charge is -2.11. The topological polar surface area (TPSA) is 89.4 Å². The molecule has 0 radical (unpaired) electrons. The molecule has 3 N–H and O–H groups in total. The molecule has 0 aliphatic rings. The summed E-state index contributed by atoms with van der Waals surface area (Å²) in [6.07, 6.45) is 1.77. The predicted octanol–water partition coefficient (Wildman–Crippen LogP) is 2.02. The van der Waals surface area contributed by atoms with Crippen LogP contribution in [0.15, 0.2) is 24.8 Å². The van der Waals surface area contributed by atoms with Crippen molar-refractivity contribution in [1.29, 1.82) is 0 Å².